The molecule has 3 fully saturated rings. The number of benzene rings is 1. The Morgan fingerprint density at radius 1 is 1.11 bits per heavy atom. The van der Waals surface area contributed by atoms with Gasteiger partial charge in [-0.2, -0.15) is 0 Å². The van der Waals surface area contributed by atoms with Crippen LogP contribution in [-0.2, 0) is 11.3 Å². The van der Waals surface area contributed by atoms with Crippen LogP contribution in [0.5, 0.6) is 0 Å². The zero-order valence-corrected chi connectivity index (χ0v) is 23.4. The molecule has 0 unspecified atom stereocenters. The number of fused-ring (bicyclic) bond motifs is 1. The SMILES string of the molecule is CCC[C@H](c1nc2ccc(N3C[C@H](C)OC4(CCNCC4)C3)cc2c(=O)n1CC)N1C[C@@H](C)N[C@@H](C)C1. The maximum Gasteiger partial charge on any atom is 0.261 e. The van der Waals surface area contributed by atoms with E-state index in [1.807, 2.05) is 4.57 Å². The van der Waals surface area contributed by atoms with Gasteiger partial charge in [0.25, 0.3) is 5.56 Å². The monoisotopic (exact) mass is 510 g/mol. The molecule has 37 heavy (non-hydrogen) atoms. The van der Waals surface area contributed by atoms with E-state index in [-0.39, 0.29) is 23.3 Å². The van der Waals surface area contributed by atoms with E-state index in [2.05, 4.69) is 73.3 Å². The standard InChI is InChI=1S/C29H46N6O2/c1-6-8-26(33-16-20(3)31-21(4)17-33)27-32-25-10-9-23(15-24(25)28(36)35(27)7-2)34-18-22(5)37-29(19-34)11-13-30-14-12-29/h9-10,15,20-22,26,30-31H,6-8,11-14,16-19H2,1-5H3/t20-,21+,22-,26+/m0/s1. The van der Waals surface area contributed by atoms with Gasteiger partial charge >= 0.3 is 0 Å². The van der Waals surface area contributed by atoms with Crippen molar-refractivity contribution in [1.82, 2.24) is 25.1 Å². The first-order chi connectivity index (χ1) is 17.8. The average molecular weight is 511 g/mol. The first-order valence-electron chi connectivity index (χ1n) is 14.5. The predicted octanol–water partition coefficient (Wildman–Crippen LogP) is 3.29. The fraction of sp³-hybridized carbons (Fsp3) is 0.724. The van der Waals surface area contributed by atoms with Crippen LogP contribution >= 0.6 is 0 Å². The second kappa shape index (κ2) is 11.0. The van der Waals surface area contributed by atoms with E-state index in [1.54, 1.807) is 0 Å². The summed E-state index contributed by atoms with van der Waals surface area (Å²) in [6, 6.07) is 7.30. The highest BCUT2D eigenvalue weighted by Crippen LogP contribution is 2.34. The zero-order chi connectivity index (χ0) is 26.2. The summed E-state index contributed by atoms with van der Waals surface area (Å²) < 4.78 is 8.41. The number of ether oxygens (including phenoxy) is 1. The number of piperidine rings is 1. The smallest absolute Gasteiger partial charge is 0.261 e. The zero-order valence-electron chi connectivity index (χ0n) is 23.4. The van der Waals surface area contributed by atoms with Crippen molar-refractivity contribution in [2.75, 3.05) is 44.2 Å². The second-order valence-electron chi connectivity index (χ2n) is 11.7. The van der Waals surface area contributed by atoms with Gasteiger partial charge in [0, 0.05) is 50.5 Å². The van der Waals surface area contributed by atoms with Crippen molar-refractivity contribution in [3.05, 3.63) is 34.4 Å². The molecule has 0 bridgehead atoms. The molecule has 8 heteroatoms. The summed E-state index contributed by atoms with van der Waals surface area (Å²) in [4.78, 5) is 24.1. The number of nitrogens with zero attached hydrogens (tertiary/aromatic N) is 4. The number of aromatic nitrogens is 2. The molecular weight excluding hydrogens is 464 g/mol. The Morgan fingerprint density at radius 2 is 1.84 bits per heavy atom. The molecule has 8 nitrogen and oxygen atoms in total. The van der Waals surface area contributed by atoms with Crippen LogP contribution in [0.25, 0.3) is 10.9 Å². The molecule has 0 amide bonds. The van der Waals surface area contributed by atoms with Crippen molar-refractivity contribution in [2.24, 2.45) is 0 Å². The van der Waals surface area contributed by atoms with Gasteiger partial charge in [-0.05, 0) is 78.2 Å². The normalized spacial score (nSPS) is 27.6. The van der Waals surface area contributed by atoms with Gasteiger partial charge in [-0.15, -0.1) is 0 Å². The molecule has 1 spiro atoms. The van der Waals surface area contributed by atoms with Gasteiger partial charge in [-0.1, -0.05) is 13.3 Å². The van der Waals surface area contributed by atoms with Crippen LogP contribution in [0.2, 0.25) is 0 Å². The van der Waals surface area contributed by atoms with Crippen molar-refractivity contribution in [1.29, 1.82) is 0 Å². The highest BCUT2D eigenvalue weighted by Gasteiger charge is 2.40. The summed E-state index contributed by atoms with van der Waals surface area (Å²) in [6.45, 7) is 17.2. The van der Waals surface area contributed by atoms with Gasteiger partial charge in [0.15, 0.2) is 0 Å². The summed E-state index contributed by atoms with van der Waals surface area (Å²) >= 11 is 0. The molecule has 0 saturated carbocycles. The van der Waals surface area contributed by atoms with Gasteiger partial charge in [-0.3, -0.25) is 14.3 Å². The van der Waals surface area contributed by atoms with Crippen molar-refractivity contribution in [3.8, 4) is 0 Å². The number of rotatable bonds is 6. The number of morpholine rings is 1. The van der Waals surface area contributed by atoms with Crippen LogP contribution in [0.4, 0.5) is 5.69 Å². The Hall–Kier alpha value is -2.00. The lowest BCUT2D eigenvalue weighted by Gasteiger charge is -2.48. The van der Waals surface area contributed by atoms with Crippen LogP contribution in [0.1, 0.15) is 72.2 Å². The molecule has 2 aromatic rings. The molecule has 1 aromatic carbocycles. The van der Waals surface area contributed by atoms with Gasteiger partial charge in [0.1, 0.15) is 5.82 Å². The van der Waals surface area contributed by atoms with Crippen LogP contribution in [0.15, 0.2) is 23.0 Å². The predicted molar refractivity (Wildman–Crippen MR) is 151 cm³/mol. The van der Waals surface area contributed by atoms with Crippen molar-refractivity contribution in [2.45, 2.75) is 96.7 Å². The average Bonchev–Trinajstić information content (AvgIpc) is 2.86. The Bertz CT molecular complexity index is 1130. The molecule has 0 radical (unpaired) electrons. The topological polar surface area (TPSA) is 74.7 Å². The second-order valence-corrected chi connectivity index (χ2v) is 11.7. The van der Waals surface area contributed by atoms with E-state index in [0.717, 1.165) is 87.4 Å². The van der Waals surface area contributed by atoms with Crippen molar-refractivity contribution < 1.29 is 4.74 Å². The maximum absolute atomic E-state index is 13.9. The first-order valence-corrected chi connectivity index (χ1v) is 14.5. The van der Waals surface area contributed by atoms with Gasteiger partial charge < -0.3 is 20.3 Å². The van der Waals surface area contributed by atoms with Crippen LogP contribution in [0, 0.1) is 0 Å². The number of hydrogen-bond donors (Lipinski definition) is 2. The van der Waals surface area contributed by atoms with Gasteiger partial charge in [-0.25, -0.2) is 4.98 Å². The van der Waals surface area contributed by atoms with Crippen LogP contribution in [0.3, 0.4) is 0 Å². The fourth-order valence-corrected chi connectivity index (χ4v) is 6.93. The quantitative estimate of drug-likeness (QED) is 0.618. The Morgan fingerprint density at radius 3 is 2.51 bits per heavy atom. The molecule has 0 aliphatic carbocycles. The Balaban J connectivity index is 1.51. The Labute approximate surface area is 221 Å². The molecule has 1 aromatic heterocycles. The minimum atomic E-state index is -0.103. The van der Waals surface area contributed by atoms with E-state index in [9.17, 15) is 4.79 Å². The van der Waals surface area contributed by atoms with E-state index < -0.39 is 0 Å². The van der Waals surface area contributed by atoms with Crippen molar-refractivity contribution in [3.63, 3.8) is 0 Å². The minimum Gasteiger partial charge on any atom is -0.368 e. The lowest BCUT2D eigenvalue weighted by Crippen LogP contribution is -2.58. The summed E-state index contributed by atoms with van der Waals surface area (Å²) in [5.74, 6) is 0.921. The fourth-order valence-electron chi connectivity index (χ4n) is 6.93. The molecule has 204 valence electrons. The highest BCUT2D eigenvalue weighted by molar-refractivity contribution is 5.82. The molecule has 2 N–H and O–H groups in total. The molecule has 5 rings (SSSR count). The summed E-state index contributed by atoms with van der Waals surface area (Å²) in [5, 5.41) is 7.83. The molecular formula is C29H46N6O2. The Kier molecular flexibility index (Phi) is 7.91. The molecule has 4 heterocycles. The molecule has 4 atom stereocenters. The van der Waals surface area contributed by atoms with Gasteiger partial charge in [0.05, 0.1) is 28.6 Å². The number of hydrogen-bond acceptors (Lipinski definition) is 7. The lowest BCUT2D eigenvalue weighted by molar-refractivity contribution is -0.113. The molecule has 3 aliphatic rings. The number of piperazine rings is 1. The minimum absolute atomic E-state index is 0.0829. The maximum atomic E-state index is 13.9. The third-order valence-electron chi connectivity index (χ3n) is 8.46. The highest BCUT2D eigenvalue weighted by atomic mass is 16.5. The largest absolute Gasteiger partial charge is 0.368 e. The number of nitrogens with one attached hydrogen (secondary N) is 2. The van der Waals surface area contributed by atoms with Crippen molar-refractivity contribution >= 4 is 16.6 Å². The lowest BCUT2D eigenvalue weighted by atomic mass is 9.89. The third kappa shape index (κ3) is 5.44. The van der Waals surface area contributed by atoms with E-state index in [0.29, 0.717) is 18.6 Å². The summed E-state index contributed by atoms with van der Waals surface area (Å²) in [7, 11) is 0. The van der Waals surface area contributed by atoms with E-state index in [1.165, 1.54) is 0 Å². The van der Waals surface area contributed by atoms with Crippen LogP contribution < -0.4 is 21.1 Å². The number of anilines is 1. The van der Waals surface area contributed by atoms with E-state index in [4.69, 9.17) is 9.72 Å². The summed E-state index contributed by atoms with van der Waals surface area (Å²) in [6.07, 6.45) is 4.26. The van der Waals surface area contributed by atoms with Gasteiger partial charge in [0.2, 0.25) is 0 Å². The first kappa shape index (κ1) is 26.6. The van der Waals surface area contributed by atoms with E-state index >= 15 is 0 Å². The molecule has 3 saturated heterocycles. The molecule has 3 aliphatic heterocycles. The van der Waals surface area contributed by atoms with Crippen LogP contribution in [-0.4, -0.2) is 77.5 Å². The third-order valence-corrected chi connectivity index (χ3v) is 8.46. The summed E-state index contributed by atoms with van der Waals surface area (Å²) in [5.41, 5.74) is 1.89.